The molecule has 0 bridgehead atoms. The highest BCUT2D eigenvalue weighted by atomic mass is 19.4. The Morgan fingerprint density at radius 1 is 0.964 bits per heavy atom. The summed E-state index contributed by atoms with van der Waals surface area (Å²) in [7, 11) is 0. The van der Waals surface area contributed by atoms with Gasteiger partial charge in [-0.25, -0.2) is 0 Å². The Morgan fingerprint density at radius 2 is 1.64 bits per heavy atom. The number of benzene rings is 2. The molecule has 0 atom stereocenters. The predicted octanol–water partition coefficient (Wildman–Crippen LogP) is 3.24. The van der Waals surface area contributed by atoms with E-state index in [0.29, 0.717) is 18.0 Å². The minimum Gasteiger partial charge on any atom is -0.494 e. The van der Waals surface area contributed by atoms with Crippen LogP contribution in [0.3, 0.4) is 0 Å². The van der Waals surface area contributed by atoms with Crippen LogP contribution in [0.25, 0.3) is 0 Å². The summed E-state index contributed by atoms with van der Waals surface area (Å²) in [4.78, 5) is 23.6. The second kappa shape index (κ2) is 9.63. The number of para-hydroxylation sites is 1. The summed E-state index contributed by atoms with van der Waals surface area (Å²) in [6, 6.07) is 11.2. The first-order valence-electron chi connectivity index (χ1n) is 8.38. The monoisotopic (exact) mass is 396 g/mol. The molecule has 9 heteroatoms. The van der Waals surface area contributed by atoms with Crippen LogP contribution in [0.5, 0.6) is 11.5 Å². The minimum atomic E-state index is -4.59. The van der Waals surface area contributed by atoms with E-state index in [1.54, 1.807) is 24.3 Å². The van der Waals surface area contributed by atoms with Gasteiger partial charge in [-0.2, -0.15) is 13.2 Å². The molecule has 2 N–H and O–H groups in total. The highest BCUT2D eigenvalue weighted by Crippen LogP contribution is 2.35. The lowest BCUT2D eigenvalue weighted by atomic mass is 10.2. The molecule has 0 spiro atoms. The second-order valence-electron chi connectivity index (χ2n) is 5.56. The molecule has 2 amide bonds. The second-order valence-corrected chi connectivity index (χ2v) is 5.56. The van der Waals surface area contributed by atoms with Crippen molar-refractivity contribution in [3.8, 4) is 11.5 Å². The number of carbonyl (C=O) groups is 2. The molecule has 2 rings (SSSR count). The zero-order valence-electron chi connectivity index (χ0n) is 15.0. The lowest BCUT2D eigenvalue weighted by Crippen LogP contribution is -2.35. The van der Waals surface area contributed by atoms with Gasteiger partial charge in [0.25, 0.3) is 5.91 Å². The molecule has 0 heterocycles. The topological polar surface area (TPSA) is 76.7 Å². The van der Waals surface area contributed by atoms with Crippen LogP contribution in [0.15, 0.2) is 48.5 Å². The molecule has 0 radical (unpaired) electrons. The van der Waals surface area contributed by atoms with E-state index in [-0.39, 0.29) is 6.54 Å². The van der Waals surface area contributed by atoms with Gasteiger partial charge in [0.2, 0.25) is 5.91 Å². The van der Waals surface area contributed by atoms with Gasteiger partial charge in [0, 0.05) is 5.69 Å². The number of alkyl halides is 3. The van der Waals surface area contributed by atoms with Gasteiger partial charge in [-0.3, -0.25) is 9.59 Å². The molecule has 0 aliphatic carbocycles. The Labute approximate surface area is 159 Å². The number of nitrogens with one attached hydrogen (secondary N) is 2. The Hall–Kier alpha value is -3.23. The number of anilines is 1. The average Bonchev–Trinajstić information content (AvgIpc) is 2.66. The highest BCUT2D eigenvalue weighted by Gasteiger charge is 2.34. The third-order valence-electron chi connectivity index (χ3n) is 3.45. The smallest absolute Gasteiger partial charge is 0.419 e. The van der Waals surface area contributed by atoms with Crippen LogP contribution in [0.1, 0.15) is 12.5 Å². The van der Waals surface area contributed by atoms with Gasteiger partial charge in [0.05, 0.1) is 18.7 Å². The molecular weight excluding hydrogens is 377 g/mol. The molecular formula is C19H19F3N2O4. The van der Waals surface area contributed by atoms with Crippen LogP contribution in [0, 0.1) is 0 Å². The molecule has 2 aromatic carbocycles. The molecule has 0 aliphatic rings. The molecule has 0 saturated heterocycles. The van der Waals surface area contributed by atoms with E-state index >= 15 is 0 Å². The van der Waals surface area contributed by atoms with E-state index in [1.165, 1.54) is 12.1 Å². The van der Waals surface area contributed by atoms with Crippen molar-refractivity contribution in [2.75, 3.05) is 25.1 Å². The third-order valence-corrected chi connectivity index (χ3v) is 3.45. The van der Waals surface area contributed by atoms with Crippen molar-refractivity contribution in [2.45, 2.75) is 13.1 Å². The van der Waals surface area contributed by atoms with Gasteiger partial charge in [-0.05, 0) is 43.3 Å². The lowest BCUT2D eigenvalue weighted by molar-refractivity contribution is -0.139. The largest absolute Gasteiger partial charge is 0.494 e. The van der Waals surface area contributed by atoms with E-state index in [9.17, 15) is 22.8 Å². The Morgan fingerprint density at radius 3 is 2.29 bits per heavy atom. The molecule has 0 unspecified atom stereocenters. The molecule has 6 nitrogen and oxygen atoms in total. The standard InChI is InChI=1S/C19H19F3N2O4/c1-2-27-14-9-7-13(8-10-14)24-17(25)11-23-18(26)12-28-16-6-4-3-5-15(16)19(20,21)22/h3-10H,2,11-12H2,1H3,(H,23,26)(H,24,25). The number of carbonyl (C=O) groups excluding carboxylic acids is 2. The SMILES string of the molecule is CCOc1ccc(NC(=O)CNC(=O)COc2ccccc2C(F)(F)F)cc1. The van der Waals surface area contributed by atoms with E-state index in [1.807, 2.05) is 6.92 Å². The molecule has 28 heavy (non-hydrogen) atoms. The molecule has 0 aromatic heterocycles. The van der Waals surface area contributed by atoms with Crippen molar-refractivity contribution in [3.05, 3.63) is 54.1 Å². The highest BCUT2D eigenvalue weighted by molar-refractivity contribution is 5.94. The first-order chi connectivity index (χ1) is 13.3. The summed E-state index contributed by atoms with van der Waals surface area (Å²) in [5, 5.41) is 4.85. The Bertz CT molecular complexity index is 808. The fourth-order valence-corrected chi connectivity index (χ4v) is 2.21. The number of halogens is 3. The van der Waals surface area contributed by atoms with Gasteiger partial charge < -0.3 is 20.1 Å². The normalized spacial score (nSPS) is 10.9. The number of amides is 2. The van der Waals surface area contributed by atoms with Crippen LogP contribution in [0.4, 0.5) is 18.9 Å². The molecule has 0 aliphatic heterocycles. The maximum absolute atomic E-state index is 12.9. The minimum absolute atomic E-state index is 0.351. The summed E-state index contributed by atoms with van der Waals surface area (Å²) in [5.41, 5.74) is -0.464. The number of ether oxygens (including phenoxy) is 2. The molecule has 2 aromatic rings. The third kappa shape index (κ3) is 6.49. The average molecular weight is 396 g/mol. The van der Waals surface area contributed by atoms with Gasteiger partial charge in [-0.15, -0.1) is 0 Å². The number of rotatable bonds is 8. The Balaban J connectivity index is 1.79. The lowest BCUT2D eigenvalue weighted by Gasteiger charge is -2.13. The predicted molar refractivity (Wildman–Crippen MR) is 96.2 cm³/mol. The van der Waals surface area contributed by atoms with Crippen LogP contribution >= 0.6 is 0 Å². The van der Waals surface area contributed by atoms with Crippen LogP contribution in [-0.2, 0) is 15.8 Å². The maximum Gasteiger partial charge on any atom is 0.419 e. The van der Waals surface area contributed by atoms with E-state index in [2.05, 4.69) is 10.6 Å². The van der Waals surface area contributed by atoms with Crippen LogP contribution < -0.4 is 20.1 Å². The maximum atomic E-state index is 12.9. The van der Waals surface area contributed by atoms with Crippen LogP contribution in [0.2, 0.25) is 0 Å². The van der Waals surface area contributed by atoms with Crippen molar-refractivity contribution in [2.24, 2.45) is 0 Å². The van der Waals surface area contributed by atoms with Crippen molar-refractivity contribution < 1.29 is 32.2 Å². The van der Waals surface area contributed by atoms with Crippen molar-refractivity contribution >= 4 is 17.5 Å². The first kappa shape index (κ1) is 21.1. The van der Waals surface area contributed by atoms with Gasteiger partial charge in [0.1, 0.15) is 11.5 Å². The quantitative estimate of drug-likeness (QED) is 0.718. The summed E-state index contributed by atoms with van der Waals surface area (Å²) in [5.74, 6) is -1.01. The van der Waals surface area contributed by atoms with Crippen molar-refractivity contribution in [1.82, 2.24) is 5.32 Å². The summed E-state index contributed by atoms with van der Waals surface area (Å²) >= 11 is 0. The summed E-state index contributed by atoms with van der Waals surface area (Å²) < 4.78 is 48.8. The first-order valence-corrected chi connectivity index (χ1v) is 8.38. The fourth-order valence-electron chi connectivity index (χ4n) is 2.21. The molecule has 0 saturated carbocycles. The fraction of sp³-hybridized carbons (Fsp3) is 0.263. The van der Waals surface area contributed by atoms with Crippen LogP contribution in [-0.4, -0.2) is 31.6 Å². The van der Waals surface area contributed by atoms with Crippen molar-refractivity contribution in [3.63, 3.8) is 0 Å². The molecule has 0 fully saturated rings. The molecule has 150 valence electrons. The summed E-state index contributed by atoms with van der Waals surface area (Å²) in [6.07, 6.45) is -4.59. The number of hydrogen-bond donors (Lipinski definition) is 2. The zero-order chi connectivity index (χ0) is 20.6. The van der Waals surface area contributed by atoms with Crippen molar-refractivity contribution in [1.29, 1.82) is 0 Å². The number of hydrogen-bond acceptors (Lipinski definition) is 4. The van der Waals surface area contributed by atoms with E-state index in [0.717, 1.165) is 12.1 Å². The van der Waals surface area contributed by atoms with Gasteiger partial charge >= 0.3 is 6.18 Å². The van der Waals surface area contributed by atoms with E-state index in [4.69, 9.17) is 9.47 Å². The Kier molecular flexibility index (Phi) is 7.25. The van der Waals surface area contributed by atoms with Gasteiger partial charge in [0.15, 0.2) is 6.61 Å². The van der Waals surface area contributed by atoms with E-state index < -0.39 is 35.9 Å². The summed E-state index contributed by atoms with van der Waals surface area (Å²) in [6.45, 7) is 1.37. The zero-order valence-corrected chi connectivity index (χ0v) is 15.0. The van der Waals surface area contributed by atoms with Gasteiger partial charge in [-0.1, -0.05) is 12.1 Å².